The lowest BCUT2D eigenvalue weighted by Gasteiger charge is -2.25. The van der Waals surface area contributed by atoms with E-state index in [1.54, 1.807) is 24.4 Å². The van der Waals surface area contributed by atoms with Gasteiger partial charge < -0.3 is 10.0 Å². The van der Waals surface area contributed by atoms with Gasteiger partial charge >= 0.3 is 5.97 Å². The summed E-state index contributed by atoms with van der Waals surface area (Å²) in [6.45, 7) is 7.06. The topological polar surface area (TPSA) is 66.3 Å². The van der Waals surface area contributed by atoms with Crippen LogP contribution >= 0.6 is 0 Å². The Labute approximate surface area is 111 Å². The van der Waals surface area contributed by atoms with Gasteiger partial charge in [-0.15, -0.1) is 0 Å². The fourth-order valence-electron chi connectivity index (χ4n) is 2.03. The Hall–Kier alpha value is -2.17. The predicted octanol–water partition coefficient (Wildman–Crippen LogP) is 2.56. The zero-order valence-corrected chi connectivity index (χ0v) is 11.3. The lowest BCUT2D eigenvalue weighted by atomic mass is 10.1. The standard InChI is InChI=1S/C14H17N3O2/c1-4-17(9(2)3)14-15-8-11-7-10(13(18)19)5-6-12(11)16-14/h5-9H,4H2,1-3H3,(H,18,19). The summed E-state index contributed by atoms with van der Waals surface area (Å²) in [6, 6.07) is 5.19. The Morgan fingerprint density at radius 3 is 2.74 bits per heavy atom. The number of anilines is 1. The summed E-state index contributed by atoms with van der Waals surface area (Å²) in [5.41, 5.74) is 1.01. The van der Waals surface area contributed by atoms with E-state index in [2.05, 4.69) is 35.6 Å². The number of carboxylic acids is 1. The molecule has 0 fully saturated rings. The van der Waals surface area contributed by atoms with Crippen LogP contribution in [0.4, 0.5) is 5.95 Å². The van der Waals surface area contributed by atoms with Gasteiger partial charge in [-0.05, 0) is 39.0 Å². The first-order valence-electron chi connectivity index (χ1n) is 6.29. The summed E-state index contributed by atoms with van der Waals surface area (Å²) in [5.74, 6) is -0.267. The molecule has 1 N–H and O–H groups in total. The van der Waals surface area contributed by atoms with Gasteiger partial charge in [0, 0.05) is 24.2 Å². The minimum Gasteiger partial charge on any atom is -0.478 e. The van der Waals surface area contributed by atoms with Crippen LogP contribution in [0.5, 0.6) is 0 Å². The minimum absolute atomic E-state index is 0.250. The first-order valence-corrected chi connectivity index (χ1v) is 6.29. The molecule has 0 aliphatic heterocycles. The molecule has 1 heterocycles. The highest BCUT2D eigenvalue weighted by Gasteiger charge is 2.12. The molecule has 0 bridgehead atoms. The van der Waals surface area contributed by atoms with Crippen LogP contribution in [0, 0.1) is 0 Å². The molecule has 0 unspecified atom stereocenters. The van der Waals surface area contributed by atoms with Gasteiger partial charge in [-0.1, -0.05) is 0 Å². The van der Waals surface area contributed by atoms with Gasteiger partial charge in [-0.3, -0.25) is 0 Å². The van der Waals surface area contributed by atoms with E-state index in [4.69, 9.17) is 5.11 Å². The molecule has 0 spiro atoms. The molecular weight excluding hydrogens is 242 g/mol. The predicted molar refractivity (Wildman–Crippen MR) is 74.7 cm³/mol. The zero-order valence-electron chi connectivity index (χ0n) is 11.3. The highest BCUT2D eigenvalue weighted by molar-refractivity contribution is 5.93. The van der Waals surface area contributed by atoms with Crippen LogP contribution in [-0.2, 0) is 0 Å². The number of hydrogen-bond acceptors (Lipinski definition) is 4. The van der Waals surface area contributed by atoms with Crippen LogP contribution in [0.3, 0.4) is 0 Å². The average Bonchev–Trinajstić information content (AvgIpc) is 2.38. The van der Waals surface area contributed by atoms with Crippen molar-refractivity contribution in [1.82, 2.24) is 9.97 Å². The number of benzene rings is 1. The molecule has 2 rings (SSSR count). The van der Waals surface area contributed by atoms with E-state index in [1.807, 2.05) is 0 Å². The molecule has 19 heavy (non-hydrogen) atoms. The average molecular weight is 259 g/mol. The van der Waals surface area contributed by atoms with E-state index in [-0.39, 0.29) is 5.56 Å². The summed E-state index contributed by atoms with van der Waals surface area (Å²) >= 11 is 0. The molecule has 5 nitrogen and oxygen atoms in total. The number of nitrogens with zero attached hydrogens (tertiary/aromatic N) is 3. The second-order valence-electron chi connectivity index (χ2n) is 4.63. The van der Waals surface area contributed by atoms with Crippen LogP contribution in [0.2, 0.25) is 0 Å². The van der Waals surface area contributed by atoms with Crippen molar-refractivity contribution in [2.75, 3.05) is 11.4 Å². The van der Waals surface area contributed by atoms with Gasteiger partial charge in [0.05, 0.1) is 11.1 Å². The van der Waals surface area contributed by atoms with Crippen LogP contribution in [0.15, 0.2) is 24.4 Å². The van der Waals surface area contributed by atoms with Crippen LogP contribution in [0.25, 0.3) is 10.9 Å². The van der Waals surface area contributed by atoms with Crippen molar-refractivity contribution in [3.8, 4) is 0 Å². The largest absolute Gasteiger partial charge is 0.478 e. The maximum Gasteiger partial charge on any atom is 0.335 e. The number of fused-ring (bicyclic) bond motifs is 1. The van der Waals surface area contributed by atoms with Gasteiger partial charge in [0.2, 0.25) is 5.95 Å². The monoisotopic (exact) mass is 259 g/mol. The molecule has 5 heteroatoms. The SMILES string of the molecule is CCN(c1ncc2cc(C(=O)O)ccc2n1)C(C)C. The van der Waals surface area contributed by atoms with Crippen LogP contribution in [-0.4, -0.2) is 33.6 Å². The molecule has 1 aromatic heterocycles. The molecule has 2 aromatic rings. The van der Waals surface area contributed by atoms with Crippen molar-refractivity contribution in [2.24, 2.45) is 0 Å². The van der Waals surface area contributed by atoms with Gasteiger partial charge in [-0.25, -0.2) is 14.8 Å². The zero-order chi connectivity index (χ0) is 14.0. The number of carbonyl (C=O) groups is 1. The first-order chi connectivity index (χ1) is 9.02. The molecular formula is C14H17N3O2. The molecule has 0 radical (unpaired) electrons. The molecule has 1 aromatic carbocycles. The summed E-state index contributed by atoms with van der Waals surface area (Å²) in [4.78, 5) is 21.8. The van der Waals surface area contributed by atoms with E-state index in [0.717, 1.165) is 17.4 Å². The van der Waals surface area contributed by atoms with Crippen LogP contribution < -0.4 is 4.90 Å². The number of aromatic carboxylic acids is 1. The summed E-state index contributed by atoms with van der Waals surface area (Å²) in [7, 11) is 0. The maximum absolute atomic E-state index is 10.9. The van der Waals surface area contributed by atoms with E-state index >= 15 is 0 Å². The molecule has 100 valence electrons. The van der Waals surface area contributed by atoms with Crippen molar-refractivity contribution in [2.45, 2.75) is 26.8 Å². The molecule has 0 aliphatic rings. The van der Waals surface area contributed by atoms with Crippen molar-refractivity contribution < 1.29 is 9.90 Å². The van der Waals surface area contributed by atoms with E-state index in [9.17, 15) is 4.79 Å². The smallest absolute Gasteiger partial charge is 0.335 e. The Morgan fingerprint density at radius 2 is 2.16 bits per heavy atom. The highest BCUT2D eigenvalue weighted by atomic mass is 16.4. The first kappa shape index (κ1) is 13.3. The molecule has 0 aliphatic carbocycles. The number of carboxylic acid groups (broad SMARTS) is 1. The third-order valence-electron chi connectivity index (χ3n) is 3.03. The summed E-state index contributed by atoms with van der Waals surface area (Å²) in [6.07, 6.45) is 1.68. The molecule has 0 amide bonds. The Balaban J connectivity index is 2.47. The molecule has 0 atom stereocenters. The number of hydrogen-bond donors (Lipinski definition) is 1. The fraction of sp³-hybridized carbons (Fsp3) is 0.357. The third-order valence-corrected chi connectivity index (χ3v) is 3.03. The van der Waals surface area contributed by atoms with Gasteiger partial charge in [0.15, 0.2) is 0 Å². The van der Waals surface area contributed by atoms with Gasteiger partial charge in [0.25, 0.3) is 0 Å². The second kappa shape index (κ2) is 5.22. The van der Waals surface area contributed by atoms with Gasteiger partial charge in [0.1, 0.15) is 0 Å². The van der Waals surface area contributed by atoms with Crippen molar-refractivity contribution in [3.05, 3.63) is 30.0 Å². The Morgan fingerprint density at radius 1 is 1.42 bits per heavy atom. The maximum atomic E-state index is 10.9. The lowest BCUT2D eigenvalue weighted by Crippen LogP contribution is -2.31. The number of rotatable bonds is 4. The van der Waals surface area contributed by atoms with Crippen LogP contribution in [0.1, 0.15) is 31.1 Å². The lowest BCUT2D eigenvalue weighted by molar-refractivity contribution is 0.0697. The Bertz CT molecular complexity index is 611. The molecule has 0 saturated heterocycles. The summed E-state index contributed by atoms with van der Waals surface area (Å²) < 4.78 is 0. The van der Waals surface area contributed by atoms with E-state index in [0.29, 0.717) is 12.0 Å². The Kier molecular flexibility index (Phi) is 3.64. The quantitative estimate of drug-likeness (QED) is 0.914. The fourth-order valence-corrected chi connectivity index (χ4v) is 2.03. The van der Waals surface area contributed by atoms with E-state index in [1.165, 1.54) is 0 Å². The molecule has 0 saturated carbocycles. The van der Waals surface area contributed by atoms with Gasteiger partial charge in [-0.2, -0.15) is 0 Å². The normalized spacial score (nSPS) is 10.9. The second-order valence-corrected chi connectivity index (χ2v) is 4.63. The third kappa shape index (κ3) is 2.65. The highest BCUT2D eigenvalue weighted by Crippen LogP contribution is 2.18. The van der Waals surface area contributed by atoms with Crippen molar-refractivity contribution in [1.29, 1.82) is 0 Å². The minimum atomic E-state index is -0.941. The summed E-state index contributed by atoms with van der Waals surface area (Å²) in [5, 5.41) is 9.69. The number of aromatic nitrogens is 2. The van der Waals surface area contributed by atoms with Crippen molar-refractivity contribution >= 4 is 22.8 Å². The van der Waals surface area contributed by atoms with E-state index < -0.39 is 5.97 Å². The van der Waals surface area contributed by atoms with Crippen molar-refractivity contribution in [3.63, 3.8) is 0 Å².